The summed E-state index contributed by atoms with van der Waals surface area (Å²) in [4.78, 5) is 30.3. The molecular formula is C28H24F3N3O4S. The van der Waals surface area contributed by atoms with Gasteiger partial charge in [0.1, 0.15) is 5.56 Å². The second-order valence-electron chi connectivity index (χ2n) is 8.86. The molecule has 0 fully saturated rings. The number of nitrogens with two attached hydrogens (primary N) is 1. The van der Waals surface area contributed by atoms with Crippen molar-refractivity contribution >= 4 is 21.6 Å². The molecule has 7 nitrogen and oxygen atoms in total. The van der Waals surface area contributed by atoms with Gasteiger partial charge in [0.05, 0.1) is 10.5 Å². The number of benzene rings is 3. The molecule has 0 atom stereocenters. The van der Waals surface area contributed by atoms with Crippen molar-refractivity contribution in [2.24, 2.45) is 5.14 Å². The number of rotatable bonds is 7. The average Bonchev–Trinajstić information content (AvgIpc) is 2.89. The molecule has 1 heterocycles. The van der Waals surface area contributed by atoms with Crippen LogP contribution in [0.5, 0.6) is 0 Å². The Kier molecular flexibility index (Phi) is 7.75. The molecule has 1 aromatic heterocycles. The fraction of sp³-hybridized carbons (Fsp3) is 0.143. The Bertz CT molecular complexity index is 1670. The molecule has 3 aromatic carbocycles. The lowest BCUT2D eigenvalue weighted by Crippen LogP contribution is -2.36. The van der Waals surface area contributed by atoms with E-state index < -0.39 is 33.2 Å². The number of sulfonamides is 1. The number of H-pyrrole nitrogens is 1. The summed E-state index contributed by atoms with van der Waals surface area (Å²) in [6.45, 7) is 1.59. The first kappa shape index (κ1) is 27.8. The number of aromatic amines is 1. The number of alkyl halides is 3. The number of pyridine rings is 1. The van der Waals surface area contributed by atoms with Crippen LogP contribution in [0, 0.1) is 6.92 Å². The third-order valence-electron chi connectivity index (χ3n) is 6.16. The van der Waals surface area contributed by atoms with Crippen LogP contribution in [-0.2, 0) is 22.6 Å². The zero-order valence-corrected chi connectivity index (χ0v) is 21.5. The largest absolute Gasteiger partial charge is 0.416 e. The van der Waals surface area contributed by atoms with Gasteiger partial charge in [-0.15, -0.1) is 0 Å². The summed E-state index contributed by atoms with van der Waals surface area (Å²) < 4.78 is 63.5. The molecule has 4 rings (SSSR count). The molecule has 0 spiro atoms. The van der Waals surface area contributed by atoms with Crippen LogP contribution in [0.15, 0.2) is 94.6 Å². The van der Waals surface area contributed by atoms with Crippen molar-refractivity contribution in [3.05, 3.63) is 118 Å². The monoisotopic (exact) mass is 555 g/mol. The minimum atomic E-state index is -4.64. The number of hydrogen-bond acceptors (Lipinski definition) is 4. The maximum Gasteiger partial charge on any atom is 0.416 e. The van der Waals surface area contributed by atoms with E-state index in [-0.39, 0.29) is 29.1 Å². The number of nitrogens with zero attached hydrogens (tertiary/aromatic N) is 1. The molecule has 39 heavy (non-hydrogen) atoms. The number of carbonyl (C=O) groups is 1. The molecule has 4 aromatic rings. The molecule has 0 radical (unpaired) electrons. The van der Waals surface area contributed by atoms with Crippen molar-refractivity contribution in [3.63, 3.8) is 0 Å². The third-order valence-corrected chi connectivity index (χ3v) is 7.09. The van der Waals surface area contributed by atoms with E-state index in [1.54, 1.807) is 19.1 Å². The van der Waals surface area contributed by atoms with Crippen LogP contribution in [0.1, 0.15) is 27.2 Å². The van der Waals surface area contributed by atoms with Gasteiger partial charge in [0.15, 0.2) is 0 Å². The SMILES string of the molecule is Cc1[nH]c(=O)c(C(=O)N(CCc2ccc(S(N)(=O)=O)cc2)c2cccc(C(F)(F)F)c2)cc1-c1ccccc1. The number of aromatic nitrogens is 1. The Labute approximate surface area is 222 Å². The number of anilines is 1. The summed E-state index contributed by atoms with van der Waals surface area (Å²) >= 11 is 0. The van der Waals surface area contributed by atoms with Crippen LogP contribution in [0.3, 0.4) is 0 Å². The van der Waals surface area contributed by atoms with E-state index in [1.807, 2.05) is 18.2 Å². The average molecular weight is 556 g/mol. The highest BCUT2D eigenvalue weighted by Gasteiger charge is 2.32. The third kappa shape index (κ3) is 6.44. The maximum absolute atomic E-state index is 13.8. The van der Waals surface area contributed by atoms with Crippen molar-refractivity contribution in [3.8, 4) is 11.1 Å². The van der Waals surface area contributed by atoms with Crippen LogP contribution >= 0.6 is 0 Å². The second-order valence-corrected chi connectivity index (χ2v) is 10.4. The molecule has 0 aliphatic heterocycles. The summed E-state index contributed by atoms with van der Waals surface area (Å²) in [5.41, 5.74) is 0.587. The molecule has 0 aliphatic rings. The van der Waals surface area contributed by atoms with Gasteiger partial charge in [0, 0.05) is 23.5 Å². The van der Waals surface area contributed by atoms with E-state index in [4.69, 9.17) is 5.14 Å². The predicted molar refractivity (Wildman–Crippen MR) is 142 cm³/mol. The number of nitrogens with one attached hydrogen (secondary N) is 1. The van der Waals surface area contributed by atoms with Gasteiger partial charge in [0.2, 0.25) is 10.0 Å². The standard InChI is InChI=1S/C28H24F3N3O4S/c1-18-24(20-6-3-2-4-7-20)17-25(26(35)33-18)27(36)34(22-9-5-8-21(16-22)28(29,30)31)15-14-19-10-12-23(13-11-19)39(32,37)38/h2-13,16-17H,14-15H2,1H3,(H,33,35)(H2,32,37,38). The molecule has 0 saturated carbocycles. The number of halogens is 3. The van der Waals surface area contributed by atoms with Crippen LogP contribution in [0.25, 0.3) is 11.1 Å². The van der Waals surface area contributed by atoms with Gasteiger partial charge in [-0.1, -0.05) is 48.5 Å². The van der Waals surface area contributed by atoms with Crippen molar-refractivity contribution in [2.75, 3.05) is 11.4 Å². The minimum Gasteiger partial charge on any atom is -0.325 e. The van der Waals surface area contributed by atoms with E-state index in [1.165, 1.54) is 42.5 Å². The summed E-state index contributed by atoms with van der Waals surface area (Å²) in [7, 11) is -3.91. The van der Waals surface area contributed by atoms with Gasteiger partial charge in [-0.2, -0.15) is 13.2 Å². The van der Waals surface area contributed by atoms with E-state index in [2.05, 4.69) is 4.98 Å². The van der Waals surface area contributed by atoms with Gasteiger partial charge < -0.3 is 9.88 Å². The van der Waals surface area contributed by atoms with Crippen molar-refractivity contribution < 1.29 is 26.4 Å². The highest BCUT2D eigenvalue weighted by atomic mass is 32.2. The lowest BCUT2D eigenvalue weighted by atomic mass is 10.0. The maximum atomic E-state index is 13.8. The smallest absolute Gasteiger partial charge is 0.325 e. The molecule has 0 saturated heterocycles. The Balaban J connectivity index is 1.75. The first-order valence-electron chi connectivity index (χ1n) is 11.7. The van der Waals surface area contributed by atoms with Crippen LogP contribution in [0.2, 0.25) is 0 Å². The van der Waals surface area contributed by atoms with E-state index in [9.17, 15) is 31.2 Å². The van der Waals surface area contributed by atoms with Crippen LogP contribution in [-0.4, -0.2) is 25.9 Å². The van der Waals surface area contributed by atoms with E-state index in [0.29, 0.717) is 16.8 Å². The number of hydrogen-bond donors (Lipinski definition) is 2. The molecule has 3 N–H and O–H groups in total. The van der Waals surface area contributed by atoms with Crippen LogP contribution in [0.4, 0.5) is 18.9 Å². The molecular weight excluding hydrogens is 531 g/mol. The van der Waals surface area contributed by atoms with Crippen LogP contribution < -0.4 is 15.6 Å². The van der Waals surface area contributed by atoms with Gasteiger partial charge in [-0.05, 0) is 60.9 Å². The summed E-state index contributed by atoms with van der Waals surface area (Å²) in [6, 6.07) is 20.4. The fourth-order valence-corrected chi connectivity index (χ4v) is 4.65. The Morgan fingerprint density at radius 1 is 0.949 bits per heavy atom. The fourth-order valence-electron chi connectivity index (χ4n) is 4.13. The Morgan fingerprint density at radius 2 is 1.62 bits per heavy atom. The number of carbonyl (C=O) groups excluding carboxylic acids is 1. The molecule has 0 aliphatic carbocycles. The van der Waals surface area contributed by atoms with E-state index >= 15 is 0 Å². The van der Waals surface area contributed by atoms with Crippen molar-refractivity contribution in [1.29, 1.82) is 0 Å². The number of amides is 1. The zero-order chi connectivity index (χ0) is 28.4. The molecule has 202 valence electrons. The summed E-state index contributed by atoms with van der Waals surface area (Å²) in [6.07, 6.45) is -4.49. The van der Waals surface area contributed by atoms with Gasteiger partial charge in [-0.25, -0.2) is 13.6 Å². The quantitative estimate of drug-likeness (QED) is 0.338. The number of aryl methyl sites for hydroxylation is 1. The normalized spacial score (nSPS) is 11.8. The van der Waals surface area contributed by atoms with Gasteiger partial charge >= 0.3 is 6.18 Å². The first-order chi connectivity index (χ1) is 18.3. The topological polar surface area (TPSA) is 113 Å². The molecule has 0 unspecified atom stereocenters. The summed E-state index contributed by atoms with van der Waals surface area (Å²) in [5, 5.41) is 5.13. The lowest BCUT2D eigenvalue weighted by Gasteiger charge is -2.24. The van der Waals surface area contributed by atoms with Crippen molar-refractivity contribution in [1.82, 2.24) is 4.98 Å². The van der Waals surface area contributed by atoms with Gasteiger partial charge in [0.25, 0.3) is 11.5 Å². The lowest BCUT2D eigenvalue weighted by molar-refractivity contribution is -0.137. The number of primary sulfonamides is 1. The zero-order valence-electron chi connectivity index (χ0n) is 20.7. The molecule has 1 amide bonds. The summed E-state index contributed by atoms with van der Waals surface area (Å²) in [5.74, 6) is -0.783. The van der Waals surface area contributed by atoms with Gasteiger partial charge in [-0.3, -0.25) is 9.59 Å². The Hall–Kier alpha value is -4.22. The first-order valence-corrected chi connectivity index (χ1v) is 13.3. The molecule has 11 heteroatoms. The highest BCUT2D eigenvalue weighted by Crippen LogP contribution is 2.32. The van der Waals surface area contributed by atoms with E-state index in [0.717, 1.165) is 22.6 Å². The highest BCUT2D eigenvalue weighted by molar-refractivity contribution is 7.89. The minimum absolute atomic E-state index is 0.0442. The Morgan fingerprint density at radius 3 is 2.23 bits per heavy atom. The molecule has 0 bridgehead atoms. The predicted octanol–water partition coefficient (Wildman–Crippen LogP) is 4.91. The second kappa shape index (κ2) is 10.9. The van der Waals surface area contributed by atoms with Crippen molar-refractivity contribution in [2.45, 2.75) is 24.4 Å².